The zero-order valence-corrected chi connectivity index (χ0v) is 15.0. The second kappa shape index (κ2) is 6.26. The largest absolute Gasteiger partial charge is 0.327 e. The Morgan fingerprint density at radius 3 is 2.54 bits per heavy atom. The lowest BCUT2D eigenvalue weighted by molar-refractivity contribution is -0.158. The van der Waals surface area contributed by atoms with Crippen LogP contribution >= 0.6 is 23.1 Å². The first kappa shape index (κ1) is 15.7. The maximum absolute atomic E-state index is 12.8. The zero-order valence-electron chi connectivity index (χ0n) is 13.3. The number of carbonyl (C=O) groups excluding carboxylic acids is 2. The maximum atomic E-state index is 12.8. The summed E-state index contributed by atoms with van der Waals surface area (Å²) >= 11 is 2.94. The number of thiophene rings is 1. The van der Waals surface area contributed by atoms with E-state index < -0.39 is 0 Å². The number of carbonyl (C=O) groups is 2. The van der Waals surface area contributed by atoms with E-state index in [-0.39, 0.29) is 23.2 Å². The third-order valence-corrected chi connectivity index (χ3v) is 6.23. The van der Waals surface area contributed by atoms with Crippen molar-refractivity contribution in [2.24, 2.45) is 0 Å². The third kappa shape index (κ3) is 2.63. The minimum Gasteiger partial charge on any atom is -0.327 e. The molecular formula is C18H18N2O2S2. The van der Waals surface area contributed by atoms with Gasteiger partial charge in [-0.3, -0.25) is 9.59 Å². The van der Waals surface area contributed by atoms with Crippen LogP contribution < -0.4 is 0 Å². The molecule has 0 saturated carbocycles. The normalized spacial score (nSPS) is 23.7. The number of β-lactam (4-membered cyclic amide) rings is 1. The zero-order chi connectivity index (χ0) is 16.7. The van der Waals surface area contributed by atoms with Gasteiger partial charge >= 0.3 is 0 Å². The first-order valence-electron chi connectivity index (χ1n) is 7.96. The molecule has 0 unspecified atom stereocenters. The van der Waals surface area contributed by atoms with Gasteiger partial charge in [-0.05, 0) is 34.9 Å². The Kier molecular flexibility index (Phi) is 4.10. The molecule has 2 fully saturated rings. The summed E-state index contributed by atoms with van der Waals surface area (Å²) < 4.78 is 0. The second-order valence-corrected chi connectivity index (χ2v) is 8.03. The average Bonchev–Trinajstić information content (AvgIpc) is 3.23. The van der Waals surface area contributed by atoms with Crippen molar-refractivity contribution in [3.63, 3.8) is 0 Å². The van der Waals surface area contributed by atoms with E-state index in [1.807, 2.05) is 10.3 Å². The van der Waals surface area contributed by atoms with E-state index in [1.54, 1.807) is 16.2 Å². The first-order valence-corrected chi connectivity index (χ1v) is 9.89. The van der Waals surface area contributed by atoms with Gasteiger partial charge in [-0.15, -0.1) is 0 Å². The fourth-order valence-electron chi connectivity index (χ4n) is 3.36. The van der Waals surface area contributed by atoms with Gasteiger partial charge in [0.05, 0.1) is 6.04 Å². The van der Waals surface area contributed by atoms with Gasteiger partial charge in [0.1, 0.15) is 6.04 Å². The van der Waals surface area contributed by atoms with Crippen molar-refractivity contribution in [1.82, 2.24) is 9.80 Å². The summed E-state index contributed by atoms with van der Waals surface area (Å²) in [6, 6.07) is 9.95. The molecule has 2 amide bonds. The fourth-order valence-corrected chi connectivity index (χ4v) is 4.89. The summed E-state index contributed by atoms with van der Waals surface area (Å²) in [6.45, 7) is 3.31. The Bertz CT molecular complexity index is 758. The van der Waals surface area contributed by atoms with Gasteiger partial charge in [0, 0.05) is 18.8 Å². The SMILES string of the molecule is Cc1ccc(CN2C(=O)[C@H](N3CCSC3=O)[C@H]2c2ccsc2)cc1. The summed E-state index contributed by atoms with van der Waals surface area (Å²) in [5, 5.41) is 4.14. The highest BCUT2D eigenvalue weighted by Gasteiger charge is 2.53. The molecule has 2 aromatic rings. The van der Waals surface area contributed by atoms with Gasteiger partial charge in [0.25, 0.3) is 5.24 Å². The van der Waals surface area contributed by atoms with E-state index >= 15 is 0 Å². The van der Waals surface area contributed by atoms with Crippen LogP contribution in [0.4, 0.5) is 4.79 Å². The number of rotatable bonds is 4. The summed E-state index contributed by atoms with van der Waals surface area (Å²) in [5.41, 5.74) is 3.46. The molecule has 0 N–H and O–H groups in total. The summed E-state index contributed by atoms with van der Waals surface area (Å²) in [6.07, 6.45) is 0. The van der Waals surface area contributed by atoms with Gasteiger partial charge in [-0.25, -0.2) is 0 Å². The molecule has 0 radical (unpaired) electrons. The van der Waals surface area contributed by atoms with Crippen molar-refractivity contribution in [2.45, 2.75) is 25.6 Å². The molecule has 6 heteroatoms. The highest BCUT2D eigenvalue weighted by Crippen LogP contribution is 2.42. The number of thioether (sulfide) groups is 1. The lowest BCUT2D eigenvalue weighted by Crippen LogP contribution is -2.65. The highest BCUT2D eigenvalue weighted by molar-refractivity contribution is 8.13. The first-order chi connectivity index (χ1) is 11.6. The molecule has 4 nitrogen and oxygen atoms in total. The molecule has 3 heterocycles. The lowest BCUT2D eigenvalue weighted by atomic mass is 9.88. The van der Waals surface area contributed by atoms with Crippen LogP contribution in [0.1, 0.15) is 22.7 Å². The van der Waals surface area contributed by atoms with Crippen LogP contribution in [0.5, 0.6) is 0 Å². The van der Waals surface area contributed by atoms with E-state index in [0.29, 0.717) is 13.1 Å². The van der Waals surface area contributed by atoms with Gasteiger partial charge in [0.2, 0.25) is 5.91 Å². The molecule has 4 rings (SSSR count). The Balaban J connectivity index is 1.60. The number of benzene rings is 1. The Morgan fingerprint density at radius 1 is 1.12 bits per heavy atom. The number of hydrogen-bond donors (Lipinski definition) is 0. The van der Waals surface area contributed by atoms with Gasteiger partial charge in [-0.2, -0.15) is 11.3 Å². The Labute approximate surface area is 149 Å². The summed E-state index contributed by atoms with van der Waals surface area (Å²) in [4.78, 5) is 28.5. The maximum Gasteiger partial charge on any atom is 0.282 e. The Hall–Kier alpha value is -1.79. The van der Waals surface area contributed by atoms with Gasteiger partial charge in [-0.1, -0.05) is 41.6 Å². The molecule has 1 aromatic carbocycles. The third-order valence-electron chi connectivity index (χ3n) is 4.66. The van der Waals surface area contributed by atoms with E-state index in [2.05, 4.69) is 42.6 Å². The number of nitrogens with zero attached hydrogens (tertiary/aromatic N) is 2. The number of likely N-dealkylation sites (tertiary alicyclic amines) is 1. The van der Waals surface area contributed by atoms with Crippen LogP contribution in [-0.2, 0) is 11.3 Å². The quantitative estimate of drug-likeness (QED) is 0.783. The van der Waals surface area contributed by atoms with Crippen molar-refractivity contribution in [2.75, 3.05) is 12.3 Å². The van der Waals surface area contributed by atoms with Crippen LogP contribution in [-0.4, -0.2) is 39.3 Å². The lowest BCUT2D eigenvalue weighted by Gasteiger charge is -2.50. The molecule has 24 heavy (non-hydrogen) atoms. The molecule has 0 bridgehead atoms. The molecule has 2 aliphatic heterocycles. The number of hydrogen-bond acceptors (Lipinski definition) is 4. The molecule has 0 aliphatic carbocycles. The molecule has 2 aliphatic rings. The predicted octanol–water partition coefficient (Wildman–Crippen LogP) is 3.68. The molecule has 0 spiro atoms. The van der Waals surface area contributed by atoms with Crippen LogP contribution in [0.2, 0.25) is 0 Å². The summed E-state index contributed by atoms with van der Waals surface area (Å²) in [7, 11) is 0. The number of aryl methyl sites for hydroxylation is 1. The Morgan fingerprint density at radius 2 is 1.92 bits per heavy atom. The van der Waals surface area contributed by atoms with Crippen LogP contribution in [0.15, 0.2) is 41.1 Å². The topological polar surface area (TPSA) is 40.6 Å². The number of amides is 2. The standard InChI is InChI=1S/C18H18N2O2S2/c1-12-2-4-13(5-3-12)10-20-15(14-6-8-23-11-14)16(17(20)21)19-7-9-24-18(19)22/h2-6,8,11,15-16H,7,9-10H2,1H3/t15-,16-/m1/s1. The smallest absolute Gasteiger partial charge is 0.282 e. The predicted molar refractivity (Wildman–Crippen MR) is 97.1 cm³/mol. The van der Waals surface area contributed by atoms with E-state index in [4.69, 9.17) is 0 Å². The molecule has 2 saturated heterocycles. The second-order valence-electron chi connectivity index (χ2n) is 6.21. The summed E-state index contributed by atoms with van der Waals surface area (Å²) in [5.74, 6) is 0.833. The van der Waals surface area contributed by atoms with E-state index in [9.17, 15) is 9.59 Å². The molecule has 2 atom stereocenters. The van der Waals surface area contributed by atoms with Crippen LogP contribution in [0.3, 0.4) is 0 Å². The molecular weight excluding hydrogens is 340 g/mol. The van der Waals surface area contributed by atoms with Gasteiger partial charge < -0.3 is 9.80 Å². The highest BCUT2D eigenvalue weighted by atomic mass is 32.2. The van der Waals surface area contributed by atoms with Crippen molar-refractivity contribution in [3.05, 3.63) is 57.8 Å². The van der Waals surface area contributed by atoms with Crippen molar-refractivity contribution < 1.29 is 9.59 Å². The monoisotopic (exact) mass is 358 g/mol. The van der Waals surface area contributed by atoms with Gasteiger partial charge in [0.15, 0.2) is 0 Å². The van der Waals surface area contributed by atoms with Crippen LogP contribution in [0, 0.1) is 6.92 Å². The van der Waals surface area contributed by atoms with E-state index in [1.165, 1.54) is 17.3 Å². The minimum absolute atomic E-state index is 0.0311. The molecule has 124 valence electrons. The molecule has 1 aromatic heterocycles. The van der Waals surface area contributed by atoms with Crippen molar-refractivity contribution in [3.8, 4) is 0 Å². The van der Waals surface area contributed by atoms with E-state index in [0.717, 1.165) is 16.9 Å². The van der Waals surface area contributed by atoms with Crippen molar-refractivity contribution >= 4 is 34.2 Å². The average molecular weight is 358 g/mol. The fraction of sp³-hybridized carbons (Fsp3) is 0.333. The van der Waals surface area contributed by atoms with Crippen LogP contribution in [0.25, 0.3) is 0 Å². The van der Waals surface area contributed by atoms with Crippen molar-refractivity contribution in [1.29, 1.82) is 0 Å². The minimum atomic E-state index is -0.340.